The largest absolute Gasteiger partial charge is 0.304 e. The fourth-order valence-electron chi connectivity index (χ4n) is 3.71. The summed E-state index contributed by atoms with van der Waals surface area (Å²) in [6.07, 6.45) is 4.94. The maximum atomic E-state index is 4.15. The molecule has 3 rings (SSSR count). The third kappa shape index (κ3) is 2.73. The van der Waals surface area contributed by atoms with Gasteiger partial charge in [0.2, 0.25) is 0 Å². The van der Waals surface area contributed by atoms with Crippen LogP contribution in [0.25, 0.3) is 0 Å². The topological polar surface area (TPSA) is 24.9 Å². The van der Waals surface area contributed by atoms with Gasteiger partial charge in [0.25, 0.3) is 0 Å². The van der Waals surface area contributed by atoms with E-state index < -0.39 is 0 Å². The Kier molecular flexibility index (Phi) is 3.58. The van der Waals surface area contributed by atoms with Crippen molar-refractivity contribution >= 4 is 0 Å². The molecule has 0 aliphatic carbocycles. The Morgan fingerprint density at radius 3 is 2.48 bits per heavy atom. The first-order valence-corrected chi connectivity index (χ1v) is 7.72. The SMILES string of the molecule is Cc1ccc(C2CC(c3ccncc3)C(C)(C)N2)c(C)c1. The minimum Gasteiger partial charge on any atom is -0.304 e. The molecule has 1 aliphatic rings. The summed E-state index contributed by atoms with van der Waals surface area (Å²) in [5.74, 6) is 0.520. The zero-order chi connectivity index (χ0) is 15.0. The summed E-state index contributed by atoms with van der Waals surface area (Å²) in [6, 6.07) is 11.5. The van der Waals surface area contributed by atoms with E-state index in [1.54, 1.807) is 0 Å². The van der Waals surface area contributed by atoms with Crippen LogP contribution in [0.2, 0.25) is 0 Å². The summed E-state index contributed by atoms with van der Waals surface area (Å²) in [5.41, 5.74) is 5.64. The van der Waals surface area contributed by atoms with Crippen LogP contribution in [0.15, 0.2) is 42.7 Å². The van der Waals surface area contributed by atoms with Crippen LogP contribution in [0.1, 0.15) is 54.5 Å². The third-order valence-corrected chi connectivity index (χ3v) is 4.80. The summed E-state index contributed by atoms with van der Waals surface area (Å²) < 4.78 is 0. The highest BCUT2D eigenvalue weighted by molar-refractivity contribution is 5.36. The van der Waals surface area contributed by atoms with Gasteiger partial charge in [-0.15, -0.1) is 0 Å². The van der Waals surface area contributed by atoms with Crippen molar-refractivity contribution in [1.82, 2.24) is 10.3 Å². The number of benzene rings is 1. The molecular formula is C19H24N2. The average molecular weight is 280 g/mol. The first-order chi connectivity index (χ1) is 9.97. The van der Waals surface area contributed by atoms with E-state index in [-0.39, 0.29) is 5.54 Å². The van der Waals surface area contributed by atoms with Crippen molar-refractivity contribution in [3.8, 4) is 0 Å². The van der Waals surface area contributed by atoms with E-state index in [1.165, 1.54) is 22.3 Å². The summed E-state index contributed by atoms with van der Waals surface area (Å²) in [6.45, 7) is 8.99. The lowest BCUT2D eigenvalue weighted by atomic mass is 9.82. The molecule has 1 saturated heterocycles. The molecule has 21 heavy (non-hydrogen) atoms. The molecule has 2 heterocycles. The number of rotatable bonds is 2. The fraction of sp³-hybridized carbons (Fsp3) is 0.421. The summed E-state index contributed by atoms with van der Waals surface area (Å²) in [4.78, 5) is 4.15. The Labute approximate surface area is 127 Å². The number of pyridine rings is 1. The van der Waals surface area contributed by atoms with Gasteiger partial charge in [0.15, 0.2) is 0 Å². The number of aryl methyl sites for hydroxylation is 2. The standard InChI is InChI=1S/C19H24N2/c1-13-5-6-16(14(2)11-13)18-12-17(19(3,4)21-18)15-7-9-20-10-8-15/h5-11,17-18,21H,12H2,1-4H3. The summed E-state index contributed by atoms with van der Waals surface area (Å²) in [7, 11) is 0. The van der Waals surface area contributed by atoms with Crippen molar-refractivity contribution in [2.24, 2.45) is 0 Å². The Bertz CT molecular complexity index is 631. The van der Waals surface area contributed by atoms with Crippen LogP contribution in [-0.4, -0.2) is 10.5 Å². The Hall–Kier alpha value is -1.67. The second-order valence-corrected chi connectivity index (χ2v) is 6.85. The monoisotopic (exact) mass is 280 g/mol. The van der Waals surface area contributed by atoms with Gasteiger partial charge in [-0.3, -0.25) is 4.98 Å². The van der Waals surface area contributed by atoms with Gasteiger partial charge in [-0.05, 0) is 62.9 Å². The first kappa shape index (κ1) is 14.3. The summed E-state index contributed by atoms with van der Waals surface area (Å²) in [5, 5.41) is 3.83. The molecule has 1 fully saturated rings. The predicted molar refractivity (Wildman–Crippen MR) is 87.5 cm³/mol. The van der Waals surface area contributed by atoms with Gasteiger partial charge in [-0.2, -0.15) is 0 Å². The lowest BCUT2D eigenvalue weighted by Crippen LogP contribution is -2.37. The molecule has 0 bridgehead atoms. The van der Waals surface area contributed by atoms with Gasteiger partial charge in [0, 0.05) is 29.9 Å². The van der Waals surface area contributed by atoms with Crippen molar-refractivity contribution in [2.45, 2.75) is 51.6 Å². The van der Waals surface area contributed by atoms with Crippen molar-refractivity contribution in [2.75, 3.05) is 0 Å². The Morgan fingerprint density at radius 2 is 1.81 bits per heavy atom. The molecular weight excluding hydrogens is 256 g/mol. The molecule has 2 unspecified atom stereocenters. The van der Waals surface area contributed by atoms with Gasteiger partial charge in [0.1, 0.15) is 0 Å². The molecule has 2 heteroatoms. The van der Waals surface area contributed by atoms with Crippen LogP contribution < -0.4 is 5.32 Å². The Morgan fingerprint density at radius 1 is 1.10 bits per heavy atom. The number of aromatic nitrogens is 1. The van der Waals surface area contributed by atoms with Crippen molar-refractivity contribution in [3.05, 3.63) is 65.0 Å². The molecule has 0 amide bonds. The van der Waals surface area contributed by atoms with E-state index in [0.29, 0.717) is 12.0 Å². The smallest absolute Gasteiger partial charge is 0.0334 e. The van der Waals surface area contributed by atoms with Crippen LogP contribution in [0, 0.1) is 13.8 Å². The lowest BCUT2D eigenvalue weighted by Gasteiger charge is -2.27. The maximum Gasteiger partial charge on any atom is 0.0334 e. The molecule has 110 valence electrons. The zero-order valence-corrected chi connectivity index (χ0v) is 13.4. The quantitative estimate of drug-likeness (QED) is 0.887. The maximum absolute atomic E-state index is 4.15. The van der Waals surface area contributed by atoms with E-state index in [4.69, 9.17) is 0 Å². The van der Waals surface area contributed by atoms with Gasteiger partial charge < -0.3 is 5.32 Å². The zero-order valence-electron chi connectivity index (χ0n) is 13.4. The highest BCUT2D eigenvalue weighted by Crippen LogP contribution is 2.44. The molecule has 2 atom stereocenters. The number of hydrogen-bond acceptors (Lipinski definition) is 2. The van der Waals surface area contributed by atoms with Crippen LogP contribution in [0.4, 0.5) is 0 Å². The molecule has 1 N–H and O–H groups in total. The molecule has 0 radical (unpaired) electrons. The van der Waals surface area contributed by atoms with Gasteiger partial charge in [-0.25, -0.2) is 0 Å². The minimum absolute atomic E-state index is 0.101. The van der Waals surface area contributed by atoms with Crippen molar-refractivity contribution in [3.63, 3.8) is 0 Å². The molecule has 2 aromatic rings. The molecule has 2 nitrogen and oxygen atoms in total. The molecule has 0 saturated carbocycles. The number of hydrogen-bond donors (Lipinski definition) is 1. The minimum atomic E-state index is 0.101. The average Bonchev–Trinajstić information content (AvgIpc) is 2.75. The molecule has 1 aromatic heterocycles. The van der Waals surface area contributed by atoms with Crippen molar-refractivity contribution in [1.29, 1.82) is 0 Å². The second-order valence-electron chi connectivity index (χ2n) is 6.85. The number of nitrogens with one attached hydrogen (secondary N) is 1. The van der Waals surface area contributed by atoms with Gasteiger partial charge >= 0.3 is 0 Å². The van der Waals surface area contributed by atoms with E-state index in [9.17, 15) is 0 Å². The highest BCUT2D eigenvalue weighted by Gasteiger charge is 2.41. The van der Waals surface area contributed by atoms with E-state index in [2.05, 4.69) is 68.3 Å². The Balaban J connectivity index is 1.91. The first-order valence-electron chi connectivity index (χ1n) is 7.72. The van der Waals surface area contributed by atoms with Gasteiger partial charge in [0.05, 0.1) is 0 Å². The van der Waals surface area contributed by atoms with Crippen LogP contribution in [0.3, 0.4) is 0 Å². The van der Waals surface area contributed by atoms with Crippen LogP contribution in [-0.2, 0) is 0 Å². The normalized spacial score (nSPS) is 24.2. The summed E-state index contributed by atoms with van der Waals surface area (Å²) >= 11 is 0. The van der Waals surface area contributed by atoms with Crippen LogP contribution in [0.5, 0.6) is 0 Å². The van der Waals surface area contributed by atoms with E-state index in [1.807, 2.05) is 12.4 Å². The second kappa shape index (κ2) is 5.27. The van der Waals surface area contributed by atoms with Gasteiger partial charge in [-0.1, -0.05) is 23.8 Å². The highest BCUT2D eigenvalue weighted by atomic mass is 15.0. The number of nitrogens with zero attached hydrogens (tertiary/aromatic N) is 1. The molecule has 0 spiro atoms. The van der Waals surface area contributed by atoms with Crippen molar-refractivity contribution < 1.29 is 0 Å². The third-order valence-electron chi connectivity index (χ3n) is 4.80. The lowest BCUT2D eigenvalue weighted by molar-refractivity contribution is 0.397. The van der Waals surface area contributed by atoms with Crippen LogP contribution >= 0.6 is 0 Å². The van der Waals surface area contributed by atoms with E-state index in [0.717, 1.165) is 6.42 Å². The fourth-order valence-corrected chi connectivity index (χ4v) is 3.71. The molecule has 1 aromatic carbocycles. The predicted octanol–water partition coefficient (Wildman–Crippen LogP) is 4.30. The van der Waals surface area contributed by atoms with E-state index >= 15 is 0 Å². The molecule has 1 aliphatic heterocycles.